The molecule has 206 valence electrons. The standard InChI is InChI=1S/C28H30ClN3O6S/c1-3-30-28(34)20(2)31(18-21-8-7-9-22(29)16-21)27(33)19-32(39(35,36)24-10-5-4-6-11-24)23-12-13-25-26(17-23)38-15-14-37-25/h4-13,16-17,20H,3,14-15,18-19H2,1-2H3,(H,30,34). The van der Waals surface area contributed by atoms with Crippen molar-refractivity contribution in [2.75, 3.05) is 30.6 Å². The number of anilines is 1. The van der Waals surface area contributed by atoms with E-state index in [1.165, 1.54) is 23.1 Å². The number of nitrogens with zero attached hydrogens (tertiary/aromatic N) is 2. The number of carbonyl (C=O) groups is 2. The first-order valence-electron chi connectivity index (χ1n) is 12.5. The summed E-state index contributed by atoms with van der Waals surface area (Å²) in [6, 6.07) is 18.6. The number of halogens is 1. The summed E-state index contributed by atoms with van der Waals surface area (Å²) >= 11 is 6.16. The summed E-state index contributed by atoms with van der Waals surface area (Å²) < 4.78 is 40.0. The number of benzene rings is 3. The van der Waals surface area contributed by atoms with Crippen LogP contribution in [-0.4, -0.2) is 57.5 Å². The van der Waals surface area contributed by atoms with Crippen molar-refractivity contribution in [2.24, 2.45) is 0 Å². The van der Waals surface area contributed by atoms with Gasteiger partial charge < -0.3 is 19.7 Å². The van der Waals surface area contributed by atoms with E-state index in [9.17, 15) is 18.0 Å². The number of hydrogen-bond donors (Lipinski definition) is 1. The minimum absolute atomic E-state index is 0.0193. The zero-order valence-corrected chi connectivity index (χ0v) is 23.2. The Kier molecular flexibility index (Phi) is 8.98. The van der Waals surface area contributed by atoms with Gasteiger partial charge in [0.1, 0.15) is 25.8 Å². The van der Waals surface area contributed by atoms with Gasteiger partial charge in [0, 0.05) is 24.2 Å². The van der Waals surface area contributed by atoms with Crippen LogP contribution in [0.3, 0.4) is 0 Å². The summed E-state index contributed by atoms with van der Waals surface area (Å²) in [5, 5.41) is 3.21. The van der Waals surface area contributed by atoms with Gasteiger partial charge in [-0.3, -0.25) is 13.9 Å². The molecule has 1 aliphatic heterocycles. The lowest BCUT2D eigenvalue weighted by molar-refractivity contribution is -0.139. The van der Waals surface area contributed by atoms with E-state index in [1.807, 2.05) is 0 Å². The quantitative estimate of drug-likeness (QED) is 0.396. The van der Waals surface area contributed by atoms with E-state index in [4.69, 9.17) is 21.1 Å². The molecule has 1 N–H and O–H groups in total. The molecule has 1 atom stereocenters. The van der Waals surface area contributed by atoms with Crippen molar-refractivity contribution in [3.8, 4) is 11.5 Å². The van der Waals surface area contributed by atoms with E-state index in [0.717, 1.165) is 4.31 Å². The molecule has 39 heavy (non-hydrogen) atoms. The molecule has 1 unspecified atom stereocenters. The monoisotopic (exact) mass is 571 g/mol. The van der Waals surface area contributed by atoms with Gasteiger partial charge in [0.2, 0.25) is 11.8 Å². The fourth-order valence-corrected chi connectivity index (χ4v) is 5.81. The molecule has 0 aromatic heterocycles. The Hall–Kier alpha value is -3.76. The van der Waals surface area contributed by atoms with E-state index in [2.05, 4.69) is 5.32 Å². The van der Waals surface area contributed by atoms with Crippen molar-refractivity contribution in [1.29, 1.82) is 0 Å². The summed E-state index contributed by atoms with van der Waals surface area (Å²) in [7, 11) is -4.18. The van der Waals surface area contributed by atoms with Crippen LogP contribution in [0, 0.1) is 0 Å². The third-order valence-corrected chi connectivity index (χ3v) is 8.21. The average Bonchev–Trinajstić information content (AvgIpc) is 2.94. The minimum Gasteiger partial charge on any atom is -0.486 e. The molecule has 0 bridgehead atoms. The van der Waals surface area contributed by atoms with Crippen LogP contribution >= 0.6 is 11.6 Å². The van der Waals surface area contributed by atoms with Crippen molar-refractivity contribution in [3.05, 3.63) is 83.4 Å². The minimum atomic E-state index is -4.18. The molecule has 0 radical (unpaired) electrons. The molecule has 4 rings (SSSR count). The molecule has 0 fully saturated rings. The topological polar surface area (TPSA) is 105 Å². The molecule has 0 aliphatic carbocycles. The Bertz CT molecular complexity index is 1430. The predicted octanol–water partition coefficient (Wildman–Crippen LogP) is 3.86. The number of likely N-dealkylation sites (N-methyl/N-ethyl adjacent to an activating group) is 1. The van der Waals surface area contributed by atoms with Crippen molar-refractivity contribution >= 4 is 39.1 Å². The van der Waals surface area contributed by atoms with Crippen LogP contribution in [0.4, 0.5) is 5.69 Å². The molecule has 9 nitrogen and oxygen atoms in total. The molecule has 1 aliphatic rings. The lowest BCUT2D eigenvalue weighted by Gasteiger charge is -2.32. The number of hydrogen-bond acceptors (Lipinski definition) is 6. The molecule has 3 aromatic carbocycles. The Morgan fingerprint density at radius 3 is 2.38 bits per heavy atom. The maximum Gasteiger partial charge on any atom is 0.264 e. The van der Waals surface area contributed by atoms with Gasteiger partial charge >= 0.3 is 0 Å². The summed E-state index contributed by atoms with van der Waals surface area (Å²) in [5.74, 6) is -0.0560. The van der Waals surface area contributed by atoms with Crippen LogP contribution in [0.2, 0.25) is 5.02 Å². The lowest BCUT2D eigenvalue weighted by atomic mass is 10.1. The van der Waals surface area contributed by atoms with Crippen LogP contribution in [-0.2, 0) is 26.2 Å². The highest BCUT2D eigenvalue weighted by Crippen LogP contribution is 2.36. The number of amides is 2. The predicted molar refractivity (Wildman–Crippen MR) is 149 cm³/mol. The molecule has 11 heteroatoms. The van der Waals surface area contributed by atoms with E-state index < -0.39 is 28.5 Å². The lowest BCUT2D eigenvalue weighted by Crippen LogP contribution is -2.51. The number of fused-ring (bicyclic) bond motifs is 1. The smallest absolute Gasteiger partial charge is 0.264 e. The zero-order chi connectivity index (χ0) is 28.0. The van der Waals surface area contributed by atoms with Crippen LogP contribution in [0.1, 0.15) is 19.4 Å². The molecule has 3 aromatic rings. The summed E-state index contributed by atoms with van der Waals surface area (Å²) in [6.45, 7) is 3.97. The fraction of sp³-hybridized carbons (Fsp3) is 0.286. The van der Waals surface area contributed by atoms with E-state index in [-0.39, 0.29) is 23.0 Å². The van der Waals surface area contributed by atoms with Gasteiger partial charge in [-0.1, -0.05) is 41.9 Å². The maximum absolute atomic E-state index is 13.9. The molecule has 0 saturated carbocycles. The van der Waals surface area contributed by atoms with Crippen LogP contribution in [0.15, 0.2) is 77.7 Å². The largest absolute Gasteiger partial charge is 0.486 e. The number of nitrogens with one attached hydrogen (secondary N) is 1. The maximum atomic E-state index is 13.9. The molecular formula is C28H30ClN3O6S. The molecular weight excluding hydrogens is 542 g/mol. The highest BCUT2D eigenvalue weighted by molar-refractivity contribution is 7.92. The third-order valence-electron chi connectivity index (χ3n) is 6.18. The Morgan fingerprint density at radius 2 is 1.69 bits per heavy atom. The van der Waals surface area contributed by atoms with E-state index in [1.54, 1.807) is 68.4 Å². The van der Waals surface area contributed by atoms with Gasteiger partial charge in [-0.05, 0) is 55.8 Å². The number of rotatable bonds is 10. The van der Waals surface area contributed by atoms with Crippen LogP contribution in [0.5, 0.6) is 11.5 Å². The Labute approximate surface area is 233 Å². The number of sulfonamides is 1. The zero-order valence-electron chi connectivity index (χ0n) is 21.7. The third kappa shape index (κ3) is 6.63. The van der Waals surface area contributed by atoms with Gasteiger partial charge in [-0.15, -0.1) is 0 Å². The van der Waals surface area contributed by atoms with Crippen molar-refractivity contribution in [3.63, 3.8) is 0 Å². The van der Waals surface area contributed by atoms with Gasteiger partial charge in [0.25, 0.3) is 10.0 Å². The SMILES string of the molecule is CCNC(=O)C(C)N(Cc1cccc(Cl)c1)C(=O)CN(c1ccc2c(c1)OCCO2)S(=O)(=O)c1ccccc1. The average molecular weight is 572 g/mol. The fourth-order valence-electron chi connectivity index (χ4n) is 4.17. The van der Waals surface area contributed by atoms with Gasteiger partial charge in [0.05, 0.1) is 10.6 Å². The molecule has 0 saturated heterocycles. The van der Waals surface area contributed by atoms with Gasteiger partial charge in [0.15, 0.2) is 11.5 Å². The van der Waals surface area contributed by atoms with E-state index in [0.29, 0.717) is 41.8 Å². The van der Waals surface area contributed by atoms with Crippen LogP contribution < -0.4 is 19.1 Å². The molecule has 1 heterocycles. The molecule has 0 spiro atoms. The second-order valence-corrected chi connectivity index (χ2v) is 11.2. The van der Waals surface area contributed by atoms with Crippen molar-refractivity contribution in [2.45, 2.75) is 31.3 Å². The van der Waals surface area contributed by atoms with Crippen molar-refractivity contribution in [1.82, 2.24) is 10.2 Å². The summed E-state index contributed by atoms with van der Waals surface area (Å²) in [5.41, 5.74) is 0.925. The number of ether oxygens (including phenoxy) is 2. The Balaban J connectivity index is 1.73. The van der Waals surface area contributed by atoms with Gasteiger partial charge in [-0.25, -0.2) is 8.42 Å². The van der Waals surface area contributed by atoms with Crippen molar-refractivity contribution < 1.29 is 27.5 Å². The first-order chi connectivity index (χ1) is 18.7. The summed E-state index contributed by atoms with van der Waals surface area (Å²) in [4.78, 5) is 28.0. The normalized spacial score (nSPS) is 13.3. The Morgan fingerprint density at radius 1 is 0.974 bits per heavy atom. The first kappa shape index (κ1) is 28.3. The van der Waals surface area contributed by atoms with Crippen LogP contribution in [0.25, 0.3) is 0 Å². The highest BCUT2D eigenvalue weighted by Gasteiger charge is 2.33. The van der Waals surface area contributed by atoms with E-state index >= 15 is 0 Å². The molecule has 2 amide bonds. The second kappa shape index (κ2) is 12.4. The number of carbonyl (C=O) groups excluding carboxylic acids is 2. The van der Waals surface area contributed by atoms with Gasteiger partial charge in [-0.2, -0.15) is 0 Å². The summed E-state index contributed by atoms with van der Waals surface area (Å²) in [6.07, 6.45) is 0. The second-order valence-electron chi connectivity index (χ2n) is 8.87. The first-order valence-corrected chi connectivity index (χ1v) is 14.3. The highest BCUT2D eigenvalue weighted by atomic mass is 35.5.